The topological polar surface area (TPSA) is 59.2 Å². The van der Waals surface area contributed by atoms with Gasteiger partial charge in [-0.25, -0.2) is 0 Å². The minimum atomic E-state index is -0.0419. The van der Waals surface area contributed by atoms with E-state index in [0.29, 0.717) is 17.8 Å². The Morgan fingerprint density at radius 3 is 2.94 bits per heavy atom. The Morgan fingerprint density at radius 1 is 1.28 bits per heavy atom. The zero-order valence-corrected chi connectivity index (χ0v) is 9.84. The predicted molar refractivity (Wildman–Crippen MR) is 70.5 cm³/mol. The van der Waals surface area contributed by atoms with Gasteiger partial charge in [-0.05, 0) is 30.2 Å². The van der Waals surface area contributed by atoms with Crippen molar-refractivity contribution < 1.29 is 4.79 Å². The summed E-state index contributed by atoms with van der Waals surface area (Å²) in [5.74, 6) is -0.0419. The summed E-state index contributed by atoms with van der Waals surface area (Å²) in [6.07, 6.45) is 4.09. The van der Waals surface area contributed by atoms with E-state index in [1.54, 1.807) is 29.4 Å². The van der Waals surface area contributed by atoms with Gasteiger partial charge in [-0.2, -0.15) is 0 Å². The normalized spacial score (nSPS) is 13.4. The van der Waals surface area contributed by atoms with Crippen molar-refractivity contribution in [1.82, 2.24) is 4.98 Å². The highest BCUT2D eigenvalue weighted by Crippen LogP contribution is 2.34. The quantitative estimate of drug-likeness (QED) is 0.773. The van der Waals surface area contributed by atoms with Crippen molar-refractivity contribution in [3.8, 4) is 0 Å². The van der Waals surface area contributed by atoms with Crippen molar-refractivity contribution >= 4 is 17.3 Å². The van der Waals surface area contributed by atoms with E-state index in [9.17, 15) is 4.79 Å². The molecule has 2 heterocycles. The van der Waals surface area contributed by atoms with E-state index >= 15 is 0 Å². The molecule has 0 saturated carbocycles. The van der Waals surface area contributed by atoms with Gasteiger partial charge < -0.3 is 10.6 Å². The van der Waals surface area contributed by atoms with Crippen LogP contribution in [0, 0.1) is 0 Å². The molecule has 1 aliphatic rings. The van der Waals surface area contributed by atoms with Gasteiger partial charge in [0.15, 0.2) is 0 Å². The second-order valence-corrected chi connectivity index (χ2v) is 4.30. The highest BCUT2D eigenvalue weighted by atomic mass is 16.2. The standard InChI is InChI=1S/C14H13N3O/c15-12-5-1-3-10-6-8-17(13(10)12)14(18)11-4-2-7-16-9-11/h1-5,7,9H,6,8,15H2. The summed E-state index contributed by atoms with van der Waals surface area (Å²) < 4.78 is 0. The summed E-state index contributed by atoms with van der Waals surface area (Å²) in [5, 5.41) is 0. The third-order valence-electron chi connectivity index (χ3n) is 3.18. The predicted octanol–water partition coefficient (Wildman–Crippen LogP) is 1.87. The highest BCUT2D eigenvalue weighted by molar-refractivity contribution is 6.08. The molecule has 0 unspecified atom stereocenters. The molecule has 90 valence electrons. The molecule has 0 atom stereocenters. The Labute approximate surface area is 105 Å². The molecule has 0 bridgehead atoms. The molecule has 2 N–H and O–H groups in total. The van der Waals surface area contributed by atoms with Crippen LogP contribution in [0.1, 0.15) is 15.9 Å². The van der Waals surface area contributed by atoms with Crippen LogP contribution in [0.15, 0.2) is 42.7 Å². The van der Waals surface area contributed by atoms with E-state index in [1.807, 2.05) is 18.2 Å². The molecule has 0 aliphatic carbocycles. The molecule has 1 aliphatic heterocycles. The number of para-hydroxylation sites is 1. The average Bonchev–Trinajstić information content (AvgIpc) is 2.84. The number of fused-ring (bicyclic) bond motifs is 1. The van der Waals surface area contributed by atoms with Crippen molar-refractivity contribution in [3.05, 3.63) is 53.9 Å². The average molecular weight is 239 g/mol. The van der Waals surface area contributed by atoms with Crippen molar-refractivity contribution in [2.45, 2.75) is 6.42 Å². The maximum absolute atomic E-state index is 12.4. The van der Waals surface area contributed by atoms with Crippen LogP contribution < -0.4 is 10.6 Å². The molecule has 4 heteroatoms. The van der Waals surface area contributed by atoms with Crippen LogP contribution in [0.25, 0.3) is 0 Å². The Balaban J connectivity index is 2.00. The van der Waals surface area contributed by atoms with Crippen LogP contribution >= 0.6 is 0 Å². The fourth-order valence-electron chi connectivity index (χ4n) is 2.33. The van der Waals surface area contributed by atoms with E-state index in [2.05, 4.69) is 4.98 Å². The van der Waals surface area contributed by atoms with Crippen molar-refractivity contribution in [1.29, 1.82) is 0 Å². The van der Waals surface area contributed by atoms with E-state index in [4.69, 9.17) is 5.73 Å². The fraction of sp³-hybridized carbons (Fsp3) is 0.143. The molecule has 2 aromatic rings. The first-order valence-electron chi connectivity index (χ1n) is 5.86. The van der Waals surface area contributed by atoms with Gasteiger partial charge in [0, 0.05) is 18.9 Å². The van der Waals surface area contributed by atoms with Crippen LogP contribution in [-0.2, 0) is 6.42 Å². The van der Waals surface area contributed by atoms with Crippen LogP contribution in [0.3, 0.4) is 0 Å². The van der Waals surface area contributed by atoms with Crippen molar-refractivity contribution in [2.75, 3.05) is 17.2 Å². The summed E-state index contributed by atoms with van der Waals surface area (Å²) in [6, 6.07) is 9.30. The fourth-order valence-corrected chi connectivity index (χ4v) is 2.33. The molecule has 0 fully saturated rings. The van der Waals surface area contributed by atoms with Gasteiger partial charge in [0.05, 0.1) is 16.9 Å². The number of anilines is 2. The lowest BCUT2D eigenvalue weighted by atomic mass is 10.1. The lowest BCUT2D eigenvalue weighted by molar-refractivity contribution is 0.0989. The zero-order chi connectivity index (χ0) is 12.5. The molecular formula is C14H13N3O. The Bertz CT molecular complexity index is 595. The molecule has 1 aromatic carbocycles. The van der Waals surface area contributed by atoms with Crippen molar-refractivity contribution in [2.24, 2.45) is 0 Å². The van der Waals surface area contributed by atoms with Crippen LogP contribution in [0.2, 0.25) is 0 Å². The lowest BCUT2D eigenvalue weighted by Crippen LogP contribution is -2.29. The molecule has 1 amide bonds. The number of nitrogens with two attached hydrogens (primary N) is 1. The number of nitrogen functional groups attached to an aromatic ring is 1. The van der Waals surface area contributed by atoms with E-state index in [-0.39, 0.29) is 5.91 Å². The first-order valence-corrected chi connectivity index (χ1v) is 5.86. The molecule has 4 nitrogen and oxygen atoms in total. The summed E-state index contributed by atoms with van der Waals surface area (Å²) in [5.41, 5.74) is 9.20. The number of pyridine rings is 1. The van der Waals surface area contributed by atoms with E-state index in [0.717, 1.165) is 17.7 Å². The van der Waals surface area contributed by atoms with Gasteiger partial charge in [-0.1, -0.05) is 12.1 Å². The number of nitrogens with zero attached hydrogens (tertiary/aromatic N) is 2. The molecule has 1 aromatic heterocycles. The number of benzene rings is 1. The summed E-state index contributed by atoms with van der Waals surface area (Å²) in [4.78, 5) is 18.1. The van der Waals surface area contributed by atoms with Crippen LogP contribution in [0.5, 0.6) is 0 Å². The van der Waals surface area contributed by atoms with Gasteiger partial charge in [0.2, 0.25) is 0 Å². The minimum absolute atomic E-state index is 0.0419. The largest absolute Gasteiger partial charge is 0.397 e. The smallest absolute Gasteiger partial charge is 0.259 e. The number of carbonyl (C=O) groups excluding carboxylic acids is 1. The lowest BCUT2D eigenvalue weighted by Gasteiger charge is -2.18. The SMILES string of the molecule is Nc1cccc2c1N(C(=O)c1cccnc1)CC2. The number of hydrogen-bond acceptors (Lipinski definition) is 3. The second-order valence-electron chi connectivity index (χ2n) is 4.30. The maximum Gasteiger partial charge on any atom is 0.259 e. The summed E-state index contributed by atoms with van der Waals surface area (Å²) >= 11 is 0. The first-order chi connectivity index (χ1) is 8.77. The number of amides is 1. The molecule has 0 spiro atoms. The highest BCUT2D eigenvalue weighted by Gasteiger charge is 2.27. The number of rotatable bonds is 1. The molecule has 0 saturated heterocycles. The van der Waals surface area contributed by atoms with Gasteiger partial charge in [-0.3, -0.25) is 9.78 Å². The Morgan fingerprint density at radius 2 is 2.17 bits per heavy atom. The van der Waals surface area contributed by atoms with E-state index < -0.39 is 0 Å². The minimum Gasteiger partial charge on any atom is -0.397 e. The Hall–Kier alpha value is -2.36. The van der Waals surface area contributed by atoms with Gasteiger partial charge in [-0.15, -0.1) is 0 Å². The van der Waals surface area contributed by atoms with Crippen LogP contribution in [-0.4, -0.2) is 17.4 Å². The number of carbonyl (C=O) groups is 1. The molecule has 3 rings (SSSR count). The number of hydrogen-bond donors (Lipinski definition) is 1. The number of aromatic nitrogens is 1. The van der Waals surface area contributed by atoms with Gasteiger partial charge in [0.1, 0.15) is 0 Å². The summed E-state index contributed by atoms with van der Waals surface area (Å²) in [7, 11) is 0. The summed E-state index contributed by atoms with van der Waals surface area (Å²) in [6.45, 7) is 0.678. The third kappa shape index (κ3) is 1.62. The monoisotopic (exact) mass is 239 g/mol. The molecular weight excluding hydrogens is 226 g/mol. The van der Waals surface area contributed by atoms with Crippen LogP contribution in [0.4, 0.5) is 11.4 Å². The third-order valence-corrected chi connectivity index (χ3v) is 3.18. The van der Waals surface area contributed by atoms with Gasteiger partial charge >= 0.3 is 0 Å². The molecule has 18 heavy (non-hydrogen) atoms. The molecule has 0 radical (unpaired) electrons. The first kappa shape index (κ1) is 10.8. The maximum atomic E-state index is 12.4. The zero-order valence-electron chi connectivity index (χ0n) is 9.84. The van der Waals surface area contributed by atoms with Crippen molar-refractivity contribution in [3.63, 3.8) is 0 Å². The Kier molecular flexibility index (Phi) is 2.48. The van der Waals surface area contributed by atoms with Gasteiger partial charge in [0.25, 0.3) is 5.91 Å². The van der Waals surface area contributed by atoms with E-state index in [1.165, 1.54) is 0 Å². The second kappa shape index (κ2) is 4.14.